The van der Waals surface area contributed by atoms with Crippen LogP contribution in [0, 0.1) is 11.7 Å². The number of halogens is 1. The number of hydrogen-bond donors (Lipinski definition) is 0. The van der Waals surface area contributed by atoms with Gasteiger partial charge in [0, 0.05) is 19.6 Å². The highest BCUT2D eigenvalue weighted by Crippen LogP contribution is 2.37. The zero-order chi connectivity index (χ0) is 16.6. The van der Waals surface area contributed by atoms with E-state index in [9.17, 15) is 9.18 Å². The molecule has 2 heterocycles. The van der Waals surface area contributed by atoms with Gasteiger partial charge in [0.1, 0.15) is 11.4 Å². The maximum Gasteiger partial charge on any atom is 0.227 e. The van der Waals surface area contributed by atoms with Gasteiger partial charge in [0.2, 0.25) is 5.91 Å². The Bertz CT molecular complexity index is 610. The normalized spacial score (nSPS) is 25.5. The standard InChI is InChI=1S/C19H24FNO3/c20-17-4-2-1-3-15(17)9-18(22)21-12-19(13-21)10-16(7-8-24-19)23-11-14-5-6-14/h1-4,14,16H,5-13H2/t16-/m0/s1. The molecule has 1 atom stereocenters. The number of hydrogen-bond acceptors (Lipinski definition) is 3. The number of ether oxygens (including phenoxy) is 2. The molecule has 4 rings (SSSR count). The van der Waals surface area contributed by atoms with Gasteiger partial charge in [-0.15, -0.1) is 0 Å². The topological polar surface area (TPSA) is 38.8 Å². The Morgan fingerprint density at radius 3 is 2.83 bits per heavy atom. The summed E-state index contributed by atoms with van der Waals surface area (Å²) in [5.74, 6) is 0.419. The quantitative estimate of drug-likeness (QED) is 0.831. The van der Waals surface area contributed by atoms with Crippen LogP contribution in [0.25, 0.3) is 0 Å². The third-order valence-corrected chi connectivity index (χ3v) is 5.32. The van der Waals surface area contributed by atoms with E-state index in [1.54, 1.807) is 23.1 Å². The van der Waals surface area contributed by atoms with Gasteiger partial charge in [0.15, 0.2) is 0 Å². The highest BCUT2D eigenvalue weighted by atomic mass is 19.1. The molecule has 1 aromatic rings. The summed E-state index contributed by atoms with van der Waals surface area (Å²) >= 11 is 0. The van der Waals surface area contributed by atoms with E-state index in [1.807, 2.05) is 0 Å². The van der Waals surface area contributed by atoms with Gasteiger partial charge >= 0.3 is 0 Å². The molecule has 1 amide bonds. The second kappa shape index (κ2) is 6.45. The maximum absolute atomic E-state index is 13.7. The van der Waals surface area contributed by atoms with Crippen molar-refractivity contribution in [1.29, 1.82) is 0 Å². The van der Waals surface area contributed by atoms with E-state index in [0.717, 1.165) is 25.4 Å². The molecule has 130 valence electrons. The van der Waals surface area contributed by atoms with Gasteiger partial charge in [-0.3, -0.25) is 4.79 Å². The smallest absolute Gasteiger partial charge is 0.227 e. The Balaban J connectivity index is 1.28. The summed E-state index contributed by atoms with van der Waals surface area (Å²) in [6.07, 6.45) is 4.77. The van der Waals surface area contributed by atoms with E-state index in [2.05, 4.69) is 0 Å². The Hall–Kier alpha value is -1.46. The van der Waals surface area contributed by atoms with E-state index in [1.165, 1.54) is 18.9 Å². The van der Waals surface area contributed by atoms with Gasteiger partial charge in [-0.25, -0.2) is 4.39 Å². The fourth-order valence-corrected chi connectivity index (χ4v) is 3.64. The molecule has 3 fully saturated rings. The first-order valence-corrected chi connectivity index (χ1v) is 8.90. The fraction of sp³-hybridized carbons (Fsp3) is 0.632. The lowest BCUT2D eigenvalue weighted by molar-refractivity contribution is -0.201. The van der Waals surface area contributed by atoms with Crippen LogP contribution in [0.4, 0.5) is 4.39 Å². The molecule has 1 aromatic carbocycles. The van der Waals surface area contributed by atoms with Crippen molar-refractivity contribution in [3.8, 4) is 0 Å². The van der Waals surface area contributed by atoms with Crippen molar-refractivity contribution in [2.24, 2.45) is 5.92 Å². The molecule has 0 N–H and O–H groups in total. The lowest BCUT2D eigenvalue weighted by Crippen LogP contribution is -2.67. The molecular weight excluding hydrogens is 309 g/mol. The molecule has 5 heteroatoms. The van der Waals surface area contributed by atoms with E-state index >= 15 is 0 Å². The second-order valence-corrected chi connectivity index (χ2v) is 7.44. The highest BCUT2D eigenvalue weighted by molar-refractivity contribution is 5.80. The first-order chi connectivity index (χ1) is 11.6. The number of likely N-dealkylation sites (tertiary alicyclic amines) is 1. The predicted molar refractivity (Wildman–Crippen MR) is 87.1 cm³/mol. The number of rotatable bonds is 5. The molecule has 0 bridgehead atoms. The van der Waals surface area contributed by atoms with E-state index < -0.39 is 0 Å². The summed E-state index contributed by atoms with van der Waals surface area (Å²) in [5, 5.41) is 0. The minimum atomic E-state index is -0.316. The van der Waals surface area contributed by atoms with Crippen molar-refractivity contribution in [3.05, 3.63) is 35.6 Å². The summed E-state index contributed by atoms with van der Waals surface area (Å²) in [7, 11) is 0. The van der Waals surface area contributed by atoms with Gasteiger partial charge in [0.25, 0.3) is 0 Å². The molecule has 0 aromatic heterocycles. The van der Waals surface area contributed by atoms with Crippen molar-refractivity contribution in [3.63, 3.8) is 0 Å². The van der Waals surface area contributed by atoms with Gasteiger partial charge in [-0.05, 0) is 36.8 Å². The summed E-state index contributed by atoms with van der Waals surface area (Å²) in [5.41, 5.74) is 0.218. The second-order valence-electron chi connectivity index (χ2n) is 7.44. The maximum atomic E-state index is 13.7. The van der Waals surface area contributed by atoms with Crippen molar-refractivity contribution < 1.29 is 18.7 Å². The molecule has 4 nitrogen and oxygen atoms in total. The summed E-state index contributed by atoms with van der Waals surface area (Å²) < 4.78 is 25.7. The average molecular weight is 333 g/mol. The van der Waals surface area contributed by atoms with Gasteiger partial charge in [-0.1, -0.05) is 18.2 Å². The monoisotopic (exact) mass is 333 g/mol. The van der Waals surface area contributed by atoms with Crippen molar-refractivity contribution in [2.45, 2.75) is 43.8 Å². The van der Waals surface area contributed by atoms with Crippen molar-refractivity contribution >= 4 is 5.91 Å². The van der Waals surface area contributed by atoms with Crippen molar-refractivity contribution in [2.75, 3.05) is 26.3 Å². The SMILES string of the molecule is O=C(Cc1ccccc1F)N1CC2(C[C@@H](OCC3CC3)CCO2)C1. The molecular formula is C19H24FNO3. The van der Waals surface area contributed by atoms with Crippen LogP contribution in [0.1, 0.15) is 31.2 Å². The molecule has 0 unspecified atom stereocenters. The first kappa shape index (κ1) is 16.0. The largest absolute Gasteiger partial charge is 0.378 e. The molecule has 2 aliphatic heterocycles. The van der Waals surface area contributed by atoms with E-state index in [0.29, 0.717) is 25.3 Å². The highest BCUT2D eigenvalue weighted by Gasteiger charge is 2.49. The van der Waals surface area contributed by atoms with Crippen LogP contribution >= 0.6 is 0 Å². The van der Waals surface area contributed by atoms with Crippen LogP contribution in [0.3, 0.4) is 0 Å². The van der Waals surface area contributed by atoms with Crippen LogP contribution in [-0.2, 0) is 20.7 Å². The number of benzene rings is 1. The summed E-state index contributed by atoms with van der Waals surface area (Å²) in [4.78, 5) is 14.1. The first-order valence-electron chi connectivity index (χ1n) is 8.90. The van der Waals surface area contributed by atoms with Crippen LogP contribution in [0.2, 0.25) is 0 Å². The average Bonchev–Trinajstić information content (AvgIpc) is 3.37. The molecule has 2 saturated heterocycles. The Labute approximate surface area is 141 Å². The number of carbonyl (C=O) groups excluding carboxylic acids is 1. The Morgan fingerprint density at radius 2 is 2.08 bits per heavy atom. The zero-order valence-corrected chi connectivity index (χ0v) is 13.9. The van der Waals surface area contributed by atoms with Crippen LogP contribution in [0.5, 0.6) is 0 Å². The zero-order valence-electron chi connectivity index (χ0n) is 13.9. The van der Waals surface area contributed by atoms with E-state index in [4.69, 9.17) is 9.47 Å². The van der Waals surface area contributed by atoms with Crippen LogP contribution < -0.4 is 0 Å². The number of amides is 1. The predicted octanol–water partition coefficient (Wildman–Crippen LogP) is 2.55. The fourth-order valence-electron chi connectivity index (χ4n) is 3.64. The Kier molecular flexibility index (Phi) is 4.31. The molecule has 1 saturated carbocycles. The van der Waals surface area contributed by atoms with Gasteiger partial charge in [-0.2, -0.15) is 0 Å². The number of nitrogens with zero attached hydrogens (tertiary/aromatic N) is 1. The molecule has 24 heavy (non-hydrogen) atoms. The van der Waals surface area contributed by atoms with Crippen LogP contribution in [-0.4, -0.2) is 48.8 Å². The van der Waals surface area contributed by atoms with Crippen molar-refractivity contribution in [1.82, 2.24) is 4.90 Å². The third kappa shape index (κ3) is 3.47. The lowest BCUT2D eigenvalue weighted by atomic mass is 9.84. The molecule has 0 radical (unpaired) electrons. The summed E-state index contributed by atoms with van der Waals surface area (Å²) in [6.45, 7) is 2.77. The summed E-state index contributed by atoms with van der Waals surface area (Å²) in [6, 6.07) is 6.46. The van der Waals surface area contributed by atoms with Gasteiger partial charge in [0.05, 0.1) is 25.6 Å². The minimum Gasteiger partial charge on any atom is -0.378 e. The number of carbonyl (C=O) groups is 1. The van der Waals surface area contributed by atoms with Gasteiger partial charge < -0.3 is 14.4 Å². The third-order valence-electron chi connectivity index (χ3n) is 5.32. The molecule has 3 aliphatic rings. The minimum absolute atomic E-state index is 0.0321. The Morgan fingerprint density at radius 1 is 1.29 bits per heavy atom. The van der Waals surface area contributed by atoms with E-state index in [-0.39, 0.29) is 29.9 Å². The molecule has 1 spiro atoms. The lowest BCUT2D eigenvalue weighted by Gasteiger charge is -2.53. The molecule has 1 aliphatic carbocycles. The van der Waals surface area contributed by atoms with Crippen LogP contribution in [0.15, 0.2) is 24.3 Å².